The minimum absolute atomic E-state index is 0.0362. The SMILES string of the molecule is Cn1nc(NS(=O)(=O)C2CCC(O)CC2)cc1C(O)Nc1cc(F)c(F)c(F)c1. The number of anilines is 2. The maximum atomic E-state index is 13.3. The number of aliphatic hydroxyl groups is 2. The molecule has 4 N–H and O–H groups in total. The zero-order valence-corrected chi connectivity index (χ0v) is 16.3. The maximum absolute atomic E-state index is 13.3. The summed E-state index contributed by atoms with van der Waals surface area (Å²) in [6, 6.07) is 2.63. The maximum Gasteiger partial charge on any atom is 0.236 e. The van der Waals surface area contributed by atoms with Crippen molar-refractivity contribution in [2.75, 3.05) is 10.0 Å². The molecule has 1 aliphatic rings. The van der Waals surface area contributed by atoms with E-state index >= 15 is 0 Å². The largest absolute Gasteiger partial charge is 0.393 e. The Morgan fingerprint density at radius 1 is 1.14 bits per heavy atom. The minimum Gasteiger partial charge on any atom is -0.393 e. The molecule has 0 bridgehead atoms. The number of nitrogens with one attached hydrogen (secondary N) is 2. The Bertz CT molecular complexity index is 968. The third-order valence-corrected chi connectivity index (χ3v) is 6.66. The van der Waals surface area contributed by atoms with E-state index in [1.165, 1.54) is 17.8 Å². The van der Waals surface area contributed by atoms with Crippen molar-refractivity contribution in [2.45, 2.75) is 43.3 Å². The van der Waals surface area contributed by atoms with Gasteiger partial charge in [-0.3, -0.25) is 9.40 Å². The van der Waals surface area contributed by atoms with Crippen molar-refractivity contribution in [1.82, 2.24) is 9.78 Å². The van der Waals surface area contributed by atoms with Crippen molar-refractivity contribution in [1.29, 1.82) is 0 Å². The Morgan fingerprint density at radius 3 is 2.31 bits per heavy atom. The van der Waals surface area contributed by atoms with Crippen LogP contribution in [0.4, 0.5) is 24.7 Å². The molecule has 1 saturated carbocycles. The van der Waals surface area contributed by atoms with Gasteiger partial charge in [-0.05, 0) is 25.7 Å². The van der Waals surface area contributed by atoms with Gasteiger partial charge in [0.15, 0.2) is 29.5 Å². The lowest BCUT2D eigenvalue weighted by Crippen LogP contribution is -2.33. The van der Waals surface area contributed by atoms with Gasteiger partial charge in [0.2, 0.25) is 10.0 Å². The summed E-state index contributed by atoms with van der Waals surface area (Å²) in [5, 5.41) is 25.5. The van der Waals surface area contributed by atoms with E-state index in [9.17, 15) is 31.8 Å². The molecule has 1 atom stereocenters. The predicted molar refractivity (Wildman–Crippen MR) is 98.9 cm³/mol. The van der Waals surface area contributed by atoms with E-state index in [0.717, 1.165) is 0 Å². The van der Waals surface area contributed by atoms with Crippen molar-refractivity contribution >= 4 is 21.5 Å². The van der Waals surface area contributed by atoms with Crippen LogP contribution in [0.1, 0.15) is 37.6 Å². The van der Waals surface area contributed by atoms with Crippen molar-refractivity contribution in [3.8, 4) is 0 Å². The molecule has 8 nitrogen and oxygen atoms in total. The topological polar surface area (TPSA) is 116 Å². The molecule has 3 rings (SSSR count). The quantitative estimate of drug-likeness (QED) is 0.408. The van der Waals surface area contributed by atoms with E-state index in [-0.39, 0.29) is 17.2 Å². The lowest BCUT2D eigenvalue weighted by molar-refractivity contribution is 0.131. The molecular weight excluding hydrogens is 413 g/mol. The molecule has 0 amide bonds. The second-order valence-corrected chi connectivity index (χ2v) is 8.92. The average molecular weight is 434 g/mol. The van der Waals surface area contributed by atoms with E-state index in [0.29, 0.717) is 37.8 Å². The number of aliphatic hydroxyl groups excluding tert-OH is 2. The van der Waals surface area contributed by atoms with Crippen LogP contribution in [-0.2, 0) is 17.1 Å². The van der Waals surface area contributed by atoms with Crippen LogP contribution in [0.2, 0.25) is 0 Å². The van der Waals surface area contributed by atoms with Gasteiger partial charge >= 0.3 is 0 Å². The van der Waals surface area contributed by atoms with Crippen LogP contribution in [0.5, 0.6) is 0 Å². The van der Waals surface area contributed by atoms with Crippen LogP contribution in [0.3, 0.4) is 0 Å². The Balaban J connectivity index is 1.72. The summed E-state index contributed by atoms with van der Waals surface area (Å²) in [5.41, 5.74) is -0.107. The number of benzene rings is 1. The molecular formula is C17H21F3N4O4S. The summed E-state index contributed by atoms with van der Waals surface area (Å²) in [4.78, 5) is 0. The summed E-state index contributed by atoms with van der Waals surface area (Å²) in [5.74, 6) is -4.50. The van der Waals surface area contributed by atoms with Gasteiger partial charge in [0, 0.05) is 30.9 Å². The number of hydrogen-bond acceptors (Lipinski definition) is 6. The molecule has 1 unspecified atom stereocenters. The van der Waals surface area contributed by atoms with Gasteiger partial charge in [0.25, 0.3) is 0 Å². The Labute approximate surface area is 165 Å². The molecule has 1 heterocycles. The van der Waals surface area contributed by atoms with Crippen molar-refractivity contribution < 1.29 is 31.8 Å². The van der Waals surface area contributed by atoms with Gasteiger partial charge in [-0.2, -0.15) is 5.10 Å². The first kappa shape index (κ1) is 21.4. The van der Waals surface area contributed by atoms with Crippen LogP contribution in [0, 0.1) is 17.5 Å². The molecule has 0 radical (unpaired) electrons. The molecule has 2 aromatic rings. The van der Waals surface area contributed by atoms with Gasteiger partial charge in [-0.25, -0.2) is 21.6 Å². The molecule has 1 aromatic heterocycles. The number of aryl methyl sites for hydroxylation is 1. The monoisotopic (exact) mass is 434 g/mol. The van der Waals surface area contributed by atoms with Gasteiger partial charge in [0.1, 0.15) is 0 Å². The number of rotatable bonds is 6. The molecule has 0 saturated heterocycles. The van der Waals surface area contributed by atoms with E-state index in [1.807, 2.05) is 0 Å². The Morgan fingerprint density at radius 2 is 1.72 bits per heavy atom. The van der Waals surface area contributed by atoms with Crippen molar-refractivity contribution in [3.05, 3.63) is 41.3 Å². The summed E-state index contributed by atoms with van der Waals surface area (Å²) in [7, 11) is -2.30. The Kier molecular flexibility index (Phi) is 6.05. The van der Waals surface area contributed by atoms with E-state index in [1.54, 1.807) is 0 Å². The normalized spacial score (nSPS) is 21.0. The van der Waals surface area contributed by atoms with Gasteiger partial charge < -0.3 is 15.5 Å². The van der Waals surface area contributed by atoms with Gasteiger partial charge in [-0.15, -0.1) is 0 Å². The second kappa shape index (κ2) is 8.20. The van der Waals surface area contributed by atoms with Crippen LogP contribution < -0.4 is 10.0 Å². The van der Waals surface area contributed by atoms with Crippen LogP contribution in [0.15, 0.2) is 18.2 Å². The molecule has 1 fully saturated rings. The average Bonchev–Trinajstić information content (AvgIpc) is 2.99. The molecule has 160 valence electrons. The fraction of sp³-hybridized carbons (Fsp3) is 0.471. The van der Waals surface area contributed by atoms with Crippen LogP contribution in [0.25, 0.3) is 0 Å². The molecule has 1 aromatic carbocycles. The fourth-order valence-electron chi connectivity index (χ4n) is 3.24. The number of sulfonamides is 1. The third kappa shape index (κ3) is 4.82. The van der Waals surface area contributed by atoms with E-state index in [4.69, 9.17) is 0 Å². The number of hydrogen-bond donors (Lipinski definition) is 4. The fourth-order valence-corrected chi connectivity index (χ4v) is 4.69. The highest BCUT2D eigenvalue weighted by Gasteiger charge is 2.31. The molecule has 0 spiro atoms. The van der Waals surface area contributed by atoms with Gasteiger partial charge in [0.05, 0.1) is 17.0 Å². The summed E-state index contributed by atoms with van der Waals surface area (Å²) < 4.78 is 68.2. The van der Waals surface area contributed by atoms with Crippen LogP contribution in [-0.4, -0.2) is 39.8 Å². The summed E-state index contributed by atoms with van der Waals surface area (Å²) in [6.45, 7) is 0. The molecule has 0 aliphatic heterocycles. The standard InChI is InChI=1S/C17H21F3N4O4S/c1-24-14(17(26)21-9-6-12(18)16(20)13(19)7-9)8-15(22-24)23-29(27,28)11-4-2-10(25)3-5-11/h6-8,10-11,17,21,25-26H,2-5H2,1H3,(H,22,23). The lowest BCUT2D eigenvalue weighted by Gasteiger charge is -2.25. The first-order valence-corrected chi connectivity index (χ1v) is 10.4. The first-order valence-electron chi connectivity index (χ1n) is 8.89. The third-order valence-electron chi connectivity index (χ3n) is 4.81. The first-order chi connectivity index (χ1) is 13.6. The predicted octanol–water partition coefficient (Wildman–Crippen LogP) is 1.99. The van der Waals surface area contributed by atoms with Crippen molar-refractivity contribution in [3.63, 3.8) is 0 Å². The van der Waals surface area contributed by atoms with Crippen LogP contribution >= 0.6 is 0 Å². The number of halogens is 3. The number of nitrogens with zero attached hydrogens (tertiary/aromatic N) is 2. The zero-order valence-electron chi connectivity index (χ0n) is 15.4. The van der Waals surface area contributed by atoms with E-state index in [2.05, 4.69) is 15.1 Å². The molecule has 1 aliphatic carbocycles. The van der Waals surface area contributed by atoms with Gasteiger partial charge in [-0.1, -0.05) is 0 Å². The zero-order chi connectivity index (χ0) is 21.3. The van der Waals surface area contributed by atoms with E-state index < -0.39 is 45.1 Å². The van der Waals surface area contributed by atoms with Crippen molar-refractivity contribution in [2.24, 2.45) is 7.05 Å². The summed E-state index contributed by atoms with van der Waals surface area (Å²) >= 11 is 0. The molecule has 12 heteroatoms. The molecule has 29 heavy (non-hydrogen) atoms. The second-order valence-electron chi connectivity index (χ2n) is 6.96. The number of aromatic nitrogens is 2. The highest BCUT2D eigenvalue weighted by Crippen LogP contribution is 2.27. The Hall–Kier alpha value is -2.31. The highest BCUT2D eigenvalue weighted by atomic mass is 32.2. The smallest absolute Gasteiger partial charge is 0.236 e. The summed E-state index contributed by atoms with van der Waals surface area (Å²) in [6.07, 6.45) is -0.562. The highest BCUT2D eigenvalue weighted by molar-refractivity contribution is 7.93. The lowest BCUT2D eigenvalue weighted by atomic mass is 9.97. The minimum atomic E-state index is -3.74.